The second-order valence-corrected chi connectivity index (χ2v) is 21.1. The van der Waals surface area contributed by atoms with E-state index < -0.39 is 16.6 Å². The van der Waals surface area contributed by atoms with E-state index in [-0.39, 0.29) is 47.4 Å². The average Bonchev–Trinajstić information content (AvgIpc) is 3.35. The number of rotatable bonds is 13. The number of ether oxygens (including phenoxy) is 2. The Morgan fingerprint density at radius 2 is 1.56 bits per heavy atom. The number of carbonyl (C=O) groups is 1. The third-order valence-corrected chi connectivity index (χ3v) is 17.6. The Hall–Kier alpha value is -0.216. The summed E-state index contributed by atoms with van der Waals surface area (Å²) in [6, 6.07) is 3.29. The molecule has 0 bridgehead atoms. The average molecular weight is 487 g/mol. The predicted octanol–water partition coefficient (Wildman–Crippen LogP) is 6.68. The number of carbonyl (C=O) groups excluding carboxylic acids is 1. The van der Waals surface area contributed by atoms with Gasteiger partial charge in [-0.2, -0.15) is 0 Å². The summed E-state index contributed by atoms with van der Waals surface area (Å²) in [5.41, 5.74) is 0. The van der Waals surface area contributed by atoms with Crippen molar-refractivity contribution in [3.63, 3.8) is 0 Å². The summed E-state index contributed by atoms with van der Waals surface area (Å²) in [5.74, 6) is 0.113. The van der Waals surface area contributed by atoms with E-state index in [9.17, 15) is 4.79 Å². The standard InChI is InChI=1S/C25H50O5Si2/c1-11-19(29-31(9,10)25(6,7)8)16-20-21(27-20)17-22(24-18(5)15-23(26)28-24)30-32(12-2,13-3)14-4/h18-22,24H,11-17H2,1-10H3/t18-,19-,20?,21+,22?,24-/m0/s1. The summed E-state index contributed by atoms with van der Waals surface area (Å²) in [7, 11) is -3.62. The first-order chi connectivity index (χ1) is 14.8. The molecular formula is C25H50O5Si2. The zero-order valence-electron chi connectivity index (χ0n) is 22.5. The minimum absolute atomic E-state index is 0.0562. The Morgan fingerprint density at radius 3 is 2.00 bits per heavy atom. The molecule has 2 saturated heterocycles. The van der Waals surface area contributed by atoms with Crippen LogP contribution in [0.1, 0.15) is 81.1 Å². The van der Waals surface area contributed by atoms with E-state index in [1.807, 2.05) is 0 Å². The van der Waals surface area contributed by atoms with Crippen LogP contribution < -0.4 is 0 Å². The largest absolute Gasteiger partial charge is 0.459 e. The fraction of sp³-hybridized carbons (Fsp3) is 0.960. The third-order valence-electron chi connectivity index (χ3n) is 8.39. The number of hydrogen-bond donors (Lipinski definition) is 0. The molecule has 6 atom stereocenters. The first kappa shape index (κ1) is 28.0. The van der Waals surface area contributed by atoms with Gasteiger partial charge >= 0.3 is 5.97 Å². The molecule has 0 saturated carbocycles. The summed E-state index contributed by atoms with van der Waals surface area (Å²) in [6.07, 6.45) is 3.71. The van der Waals surface area contributed by atoms with Crippen molar-refractivity contribution in [2.75, 3.05) is 0 Å². The zero-order chi connectivity index (χ0) is 24.3. The second kappa shape index (κ2) is 11.0. The maximum atomic E-state index is 12.0. The lowest BCUT2D eigenvalue weighted by Gasteiger charge is -2.39. The van der Waals surface area contributed by atoms with Crippen LogP contribution in [0.15, 0.2) is 0 Å². The number of esters is 1. The molecule has 2 aliphatic heterocycles. The van der Waals surface area contributed by atoms with Crippen LogP contribution in [0, 0.1) is 5.92 Å². The van der Waals surface area contributed by atoms with Gasteiger partial charge in [0.1, 0.15) is 6.10 Å². The Balaban J connectivity index is 2.04. The Kier molecular flexibility index (Phi) is 9.65. The highest BCUT2D eigenvalue weighted by molar-refractivity contribution is 6.74. The number of epoxide rings is 1. The van der Waals surface area contributed by atoms with Crippen molar-refractivity contribution in [2.24, 2.45) is 5.92 Å². The molecule has 5 nitrogen and oxygen atoms in total. The maximum Gasteiger partial charge on any atom is 0.306 e. The molecule has 2 aliphatic rings. The molecule has 0 radical (unpaired) electrons. The van der Waals surface area contributed by atoms with Gasteiger partial charge in [-0.05, 0) is 42.7 Å². The highest BCUT2D eigenvalue weighted by atomic mass is 28.4. The molecular weight excluding hydrogens is 436 g/mol. The van der Waals surface area contributed by atoms with Crippen molar-refractivity contribution in [2.45, 2.75) is 148 Å². The van der Waals surface area contributed by atoms with Gasteiger partial charge in [0.05, 0.1) is 24.7 Å². The van der Waals surface area contributed by atoms with E-state index in [2.05, 4.69) is 68.5 Å². The molecule has 188 valence electrons. The first-order valence-electron chi connectivity index (χ1n) is 13.0. The number of cyclic esters (lactones) is 1. The summed E-state index contributed by atoms with van der Waals surface area (Å²) < 4.78 is 25.5. The van der Waals surface area contributed by atoms with Crippen LogP contribution in [0.25, 0.3) is 0 Å². The monoisotopic (exact) mass is 486 g/mol. The van der Waals surface area contributed by atoms with Gasteiger partial charge in [0.2, 0.25) is 0 Å². The van der Waals surface area contributed by atoms with Gasteiger partial charge < -0.3 is 18.3 Å². The smallest absolute Gasteiger partial charge is 0.306 e. The van der Waals surface area contributed by atoms with Crippen LogP contribution in [0.4, 0.5) is 0 Å². The lowest BCUT2D eigenvalue weighted by molar-refractivity contribution is -0.145. The molecule has 0 aromatic rings. The second-order valence-electron chi connectivity index (χ2n) is 11.6. The van der Waals surface area contributed by atoms with Gasteiger partial charge in [-0.15, -0.1) is 0 Å². The molecule has 0 spiro atoms. The minimum atomic E-state index is -1.82. The molecule has 0 aromatic heterocycles. The molecule has 0 aromatic carbocycles. The normalized spacial score (nSPS) is 28.5. The SMILES string of the molecule is CC[C@@H](CC1O[C@@H]1CC(O[Si](CC)(CC)CC)[C@H]1OC(=O)C[C@@H]1C)O[Si](C)(C)C(C)(C)C. The van der Waals surface area contributed by atoms with Crippen molar-refractivity contribution in [1.29, 1.82) is 0 Å². The number of hydrogen-bond acceptors (Lipinski definition) is 5. The summed E-state index contributed by atoms with van der Waals surface area (Å²) in [5, 5.41) is 0.208. The lowest BCUT2D eigenvalue weighted by Crippen LogP contribution is -2.46. The molecule has 0 N–H and O–H groups in total. The highest BCUT2D eigenvalue weighted by Crippen LogP contribution is 2.41. The summed E-state index contributed by atoms with van der Waals surface area (Å²) >= 11 is 0. The van der Waals surface area contributed by atoms with E-state index in [4.69, 9.17) is 18.3 Å². The van der Waals surface area contributed by atoms with Crippen LogP contribution in [-0.2, 0) is 23.1 Å². The van der Waals surface area contributed by atoms with Crippen LogP contribution in [-0.4, -0.2) is 53.1 Å². The van der Waals surface area contributed by atoms with E-state index >= 15 is 0 Å². The third kappa shape index (κ3) is 6.90. The molecule has 2 rings (SSSR count). The molecule has 0 aliphatic carbocycles. The van der Waals surface area contributed by atoms with Crippen LogP contribution in [0.2, 0.25) is 36.3 Å². The Bertz CT molecular complexity index is 606. The van der Waals surface area contributed by atoms with E-state index in [0.717, 1.165) is 37.4 Å². The molecule has 0 amide bonds. The van der Waals surface area contributed by atoms with Crippen molar-refractivity contribution in [1.82, 2.24) is 0 Å². The summed E-state index contributed by atoms with van der Waals surface area (Å²) in [6.45, 7) is 22.6. The van der Waals surface area contributed by atoms with Crippen LogP contribution >= 0.6 is 0 Å². The molecule has 2 fully saturated rings. The van der Waals surface area contributed by atoms with Crippen molar-refractivity contribution < 1.29 is 23.1 Å². The quantitative estimate of drug-likeness (QED) is 0.165. The molecule has 7 heteroatoms. The Morgan fingerprint density at radius 1 is 1.00 bits per heavy atom. The minimum Gasteiger partial charge on any atom is -0.459 e. The highest BCUT2D eigenvalue weighted by Gasteiger charge is 2.49. The van der Waals surface area contributed by atoms with Gasteiger partial charge in [-0.25, -0.2) is 0 Å². The van der Waals surface area contributed by atoms with Gasteiger partial charge in [0, 0.05) is 24.9 Å². The Labute approximate surface area is 199 Å². The van der Waals surface area contributed by atoms with Gasteiger partial charge in [-0.1, -0.05) is 55.4 Å². The topological polar surface area (TPSA) is 57.3 Å². The maximum absolute atomic E-state index is 12.0. The van der Waals surface area contributed by atoms with Crippen molar-refractivity contribution >= 4 is 22.6 Å². The van der Waals surface area contributed by atoms with Crippen molar-refractivity contribution in [3.8, 4) is 0 Å². The first-order valence-corrected chi connectivity index (χ1v) is 18.5. The van der Waals surface area contributed by atoms with E-state index in [1.165, 1.54) is 0 Å². The van der Waals surface area contributed by atoms with Gasteiger partial charge in [-0.3, -0.25) is 4.79 Å². The van der Waals surface area contributed by atoms with Crippen LogP contribution in [0.5, 0.6) is 0 Å². The van der Waals surface area contributed by atoms with E-state index in [1.54, 1.807) is 0 Å². The lowest BCUT2D eigenvalue weighted by atomic mass is 9.95. The fourth-order valence-corrected chi connectivity index (χ4v) is 9.00. The van der Waals surface area contributed by atoms with Gasteiger partial charge in [0.15, 0.2) is 16.6 Å². The molecule has 2 heterocycles. The van der Waals surface area contributed by atoms with E-state index in [0.29, 0.717) is 6.42 Å². The summed E-state index contributed by atoms with van der Waals surface area (Å²) in [4.78, 5) is 12.0. The van der Waals surface area contributed by atoms with Crippen LogP contribution in [0.3, 0.4) is 0 Å². The fourth-order valence-electron chi connectivity index (χ4n) is 4.68. The van der Waals surface area contributed by atoms with Crippen molar-refractivity contribution in [3.05, 3.63) is 0 Å². The van der Waals surface area contributed by atoms with Gasteiger partial charge in [0.25, 0.3) is 0 Å². The molecule has 2 unspecified atom stereocenters. The molecule has 32 heavy (non-hydrogen) atoms. The predicted molar refractivity (Wildman–Crippen MR) is 136 cm³/mol. The zero-order valence-corrected chi connectivity index (χ0v) is 24.5.